The van der Waals surface area contributed by atoms with Crippen LogP contribution in [0.1, 0.15) is 89.8 Å². The average molecular weight is 1040 g/mol. The number of nitrogens with zero attached hydrogens (tertiary/aromatic N) is 7. The maximum Gasteiger partial charge on any atom is 0.261 e. The number of rotatable bonds is 27. The lowest BCUT2D eigenvalue weighted by atomic mass is 9.94. The number of nitrogens with one attached hydrogen (secondary N) is 1. The molecule has 0 atom stereocenters. The Bertz CT molecular complexity index is 3080. The van der Waals surface area contributed by atoms with Gasteiger partial charge in [0.05, 0.1) is 0 Å². The van der Waals surface area contributed by atoms with Crippen molar-refractivity contribution in [1.82, 2.24) is 39.6 Å². The summed E-state index contributed by atoms with van der Waals surface area (Å²) in [6.07, 6.45) is 0. The van der Waals surface area contributed by atoms with Crippen LogP contribution in [0.5, 0.6) is 0 Å². The van der Waals surface area contributed by atoms with Crippen LogP contribution in [0.2, 0.25) is 0 Å². The molecule has 17 nitrogen and oxygen atoms in total. The summed E-state index contributed by atoms with van der Waals surface area (Å²) in [4.78, 5) is 97.2. The zero-order chi connectivity index (χ0) is 54.6. The number of carbonyl (C=O) groups excluding carboxylic acids is 6. The van der Waals surface area contributed by atoms with E-state index in [9.17, 15) is 28.8 Å². The minimum atomic E-state index is -0.535. The van der Waals surface area contributed by atoms with Gasteiger partial charge in [0, 0.05) is 178 Å². The summed E-state index contributed by atoms with van der Waals surface area (Å²) in [5.74, 6) is -1.92. The smallest absolute Gasteiger partial charge is 0.261 e. The Hall–Kier alpha value is -6.80. The van der Waals surface area contributed by atoms with Gasteiger partial charge in [-0.1, -0.05) is 72.8 Å². The molecule has 3 aliphatic rings. The molecule has 0 spiro atoms. The second-order valence-electron chi connectivity index (χ2n) is 21.7. The normalized spacial score (nSPS) is 14.9. The summed E-state index contributed by atoms with van der Waals surface area (Å²) in [6.45, 7) is 16.3. The van der Waals surface area contributed by atoms with E-state index in [0.717, 1.165) is 16.2 Å². The first kappa shape index (κ1) is 55.0. The number of amides is 6. The predicted octanol–water partition coefficient (Wildman–Crippen LogP) is 4.57. The van der Waals surface area contributed by atoms with E-state index in [-0.39, 0.29) is 60.6 Å². The molecule has 0 radical (unpaired) electrons. The van der Waals surface area contributed by atoms with Crippen LogP contribution in [0.15, 0.2) is 109 Å². The van der Waals surface area contributed by atoms with E-state index in [1.54, 1.807) is 36.4 Å². The lowest BCUT2D eigenvalue weighted by molar-refractivity contribution is 0.0505. The molecule has 404 valence electrons. The minimum absolute atomic E-state index is 0.147. The number of carbonyl (C=O) groups is 6. The van der Waals surface area contributed by atoms with Crippen LogP contribution in [-0.2, 0) is 0 Å². The van der Waals surface area contributed by atoms with Gasteiger partial charge in [0.25, 0.3) is 35.4 Å². The zero-order valence-electron chi connectivity index (χ0n) is 44.9. The Morgan fingerprint density at radius 1 is 0.390 bits per heavy atom. The van der Waals surface area contributed by atoms with Gasteiger partial charge in [0.1, 0.15) is 0 Å². The van der Waals surface area contributed by atoms with E-state index in [2.05, 4.69) is 52.6 Å². The van der Waals surface area contributed by atoms with Crippen LogP contribution in [-0.4, -0.2) is 199 Å². The molecule has 6 amide bonds. The Kier molecular flexibility index (Phi) is 16.7. The van der Waals surface area contributed by atoms with Crippen molar-refractivity contribution in [3.63, 3.8) is 0 Å². The van der Waals surface area contributed by atoms with Crippen LogP contribution in [0.4, 0.5) is 0 Å². The van der Waals surface area contributed by atoms with Crippen LogP contribution < -0.4 is 22.5 Å². The molecule has 7 N–H and O–H groups in total. The Labute approximate surface area is 450 Å². The molecule has 6 aromatic rings. The summed E-state index contributed by atoms with van der Waals surface area (Å²) in [7, 11) is 0. The van der Waals surface area contributed by atoms with Crippen molar-refractivity contribution in [2.45, 2.75) is 38.8 Å². The molecule has 0 aromatic heterocycles. The molecule has 3 heterocycles. The minimum Gasteiger partial charge on any atom is -0.329 e. The third kappa shape index (κ3) is 11.5. The fourth-order valence-electron chi connectivity index (χ4n) is 11.0. The number of hydrogen-bond acceptors (Lipinski definition) is 14. The highest BCUT2D eigenvalue weighted by Crippen LogP contribution is 2.33. The molecule has 0 saturated heterocycles. The first-order valence-electron chi connectivity index (χ1n) is 27.0. The van der Waals surface area contributed by atoms with Gasteiger partial charge in [0.15, 0.2) is 0 Å². The van der Waals surface area contributed by atoms with Crippen LogP contribution >= 0.6 is 0 Å². The first-order valence-corrected chi connectivity index (χ1v) is 27.0. The van der Waals surface area contributed by atoms with E-state index < -0.39 is 5.54 Å². The number of benzene rings is 6. The molecular weight excluding hydrogens is 971 g/mol. The highest BCUT2D eigenvalue weighted by atomic mass is 16.2. The topological polar surface area (TPSA) is 215 Å². The fourth-order valence-corrected chi connectivity index (χ4v) is 11.0. The maximum absolute atomic E-state index is 14.2. The molecule has 0 aliphatic carbocycles. The van der Waals surface area contributed by atoms with Crippen molar-refractivity contribution < 1.29 is 28.8 Å². The molecule has 0 unspecified atom stereocenters. The molecule has 9 rings (SSSR count). The van der Waals surface area contributed by atoms with E-state index in [1.165, 1.54) is 14.7 Å². The van der Waals surface area contributed by atoms with E-state index in [0.29, 0.717) is 148 Å². The second-order valence-corrected chi connectivity index (χ2v) is 21.7. The van der Waals surface area contributed by atoms with Crippen LogP contribution in [0, 0.1) is 0 Å². The summed E-state index contributed by atoms with van der Waals surface area (Å²) < 4.78 is 0. The predicted molar refractivity (Wildman–Crippen MR) is 302 cm³/mol. The molecule has 77 heavy (non-hydrogen) atoms. The lowest BCUT2D eigenvalue weighted by Crippen LogP contribution is -2.55. The molecule has 0 bridgehead atoms. The summed E-state index contributed by atoms with van der Waals surface area (Å²) in [5.41, 5.74) is 21.0. The quantitative estimate of drug-likeness (QED) is 0.0521. The van der Waals surface area contributed by atoms with Crippen molar-refractivity contribution >= 4 is 67.8 Å². The van der Waals surface area contributed by atoms with Gasteiger partial charge in [0.2, 0.25) is 0 Å². The largest absolute Gasteiger partial charge is 0.329 e. The Balaban J connectivity index is 0.927. The average Bonchev–Trinajstić information content (AvgIpc) is 3.45. The molecule has 0 fully saturated rings. The number of hydrogen-bond donors (Lipinski definition) is 4. The van der Waals surface area contributed by atoms with E-state index in [1.807, 2.05) is 72.8 Å². The van der Waals surface area contributed by atoms with Crippen molar-refractivity contribution in [2.24, 2.45) is 17.2 Å². The van der Waals surface area contributed by atoms with Crippen molar-refractivity contribution in [2.75, 3.05) is 118 Å². The van der Waals surface area contributed by atoms with Gasteiger partial charge in [-0.15, -0.1) is 0 Å². The maximum atomic E-state index is 14.2. The van der Waals surface area contributed by atoms with Crippen molar-refractivity contribution in [3.8, 4) is 0 Å². The number of nitrogens with two attached hydrogens (primary N) is 3. The SMILES string of the molecule is CC(C)(CN)NCCN(CCN(CCN)CCN1C(=O)c2cccc3cccc(c23)C1=O)CCN(CCN1C(=O)c2cccc3cccc(c23)C1=O)CCN(CCN1C(=O)c2cccc3cccc(c23)C1=O)C(C)(C)CN. The third-order valence-electron chi connectivity index (χ3n) is 15.9. The summed E-state index contributed by atoms with van der Waals surface area (Å²) in [5, 5.41) is 8.19. The summed E-state index contributed by atoms with van der Waals surface area (Å²) in [6, 6.07) is 33.2. The monoisotopic (exact) mass is 1040 g/mol. The van der Waals surface area contributed by atoms with Gasteiger partial charge in [-0.2, -0.15) is 0 Å². The molecule has 17 heteroatoms. The van der Waals surface area contributed by atoms with E-state index >= 15 is 0 Å². The van der Waals surface area contributed by atoms with Crippen LogP contribution in [0.3, 0.4) is 0 Å². The fraction of sp³-hybridized carbons (Fsp3) is 0.400. The summed E-state index contributed by atoms with van der Waals surface area (Å²) >= 11 is 0. The molecule has 6 aromatic carbocycles. The molecule has 3 aliphatic heterocycles. The van der Waals surface area contributed by atoms with Gasteiger partial charge in [-0.05, 0) is 80.3 Å². The van der Waals surface area contributed by atoms with E-state index in [4.69, 9.17) is 17.2 Å². The number of imide groups is 3. The lowest BCUT2D eigenvalue weighted by Gasteiger charge is -2.40. The highest BCUT2D eigenvalue weighted by molar-refractivity contribution is 6.27. The third-order valence-corrected chi connectivity index (χ3v) is 15.9. The van der Waals surface area contributed by atoms with Crippen molar-refractivity contribution in [1.29, 1.82) is 0 Å². The Morgan fingerprint density at radius 3 is 1.03 bits per heavy atom. The second kappa shape index (κ2) is 23.4. The zero-order valence-corrected chi connectivity index (χ0v) is 44.9. The molecule has 0 saturated carbocycles. The highest BCUT2D eigenvalue weighted by Gasteiger charge is 2.37. The standard InChI is InChI=1S/C60H73N11O6/c1-59(2,39-62)64-24-26-66(28-27-65(25-23-61)32-36-69-53(72)44-17-5-11-41-12-6-18-45(50(41)44)54(69)73)29-30-67(33-37-70-55(74)46-19-7-13-42-14-8-20-47(51(42)46)56(70)75)31-34-68(60(3,4)40-63)35-38-71-57(76)48-21-9-15-43-16-10-22-49(52(43)48)58(71)77/h5-22,64H,23-40,61-63H2,1-4H3. The molecular formula is C60H73N11O6. The van der Waals surface area contributed by atoms with Gasteiger partial charge in [-0.25, -0.2) is 0 Å². The van der Waals surface area contributed by atoms with Crippen LogP contribution in [0.25, 0.3) is 32.3 Å². The van der Waals surface area contributed by atoms with Gasteiger partial charge < -0.3 is 22.5 Å². The van der Waals surface area contributed by atoms with Gasteiger partial charge >= 0.3 is 0 Å². The first-order chi connectivity index (χ1) is 37.0. The van der Waals surface area contributed by atoms with Crippen molar-refractivity contribution in [3.05, 3.63) is 143 Å². The van der Waals surface area contributed by atoms with Gasteiger partial charge in [-0.3, -0.25) is 63.1 Å². The Morgan fingerprint density at radius 2 is 0.701 bits per heavy atom.